The van der Waals surface area contributed by atoms with Crippen LogP contribution in [0.3, 0.4) is 0 Å². The minimum absolute atomic E-state index is 0.160. The van der Waals surface area contributed by atoms with Crippen molar-refractivity contribution in [2.45, 2.75) is 13.3 Å². The van der Waals surface area contributed by atoms with E-state index in [0.29, 0.717) is 17.7 Å². The highest BCUT2D eigenvalue weighted by Crippen LogP contribution is 2.30. The van der Waals surface area contributed by atoms with E-state index in [1.165, 1.54) is 37.4 Å². The number of phenolic OH excluding ortho intramolecular Hbond substituents is 2. The molecule has 2 aromatic rings. The Kier molecular flexibility index (Phi) is 5.43. The van der Waals surface area contributed by atoms with E-state index in [2.05, 4.69) is 5.32 Å². The van der Waals surface area contributed by atoms with Crippen molar-refractivity contribution in [3.8, 4) is 17.2 Å². The fourth-order valence-electron chi connectivity index (χ4n) is 2.31. The quantitative estimate of drug-likeness (QED) is 0.420. The van der Waals surface area contributed by atoms with Crippen LogP contribution in [0.5, 0.6) is 17.2 Å². The zero-order valence-corrected chi connectivity index (χ0v) is 13.7. The van der Waals surface area contributed by atoms with Crippen LogP contribution in [0.25, 0.3) is 0 Å². The van der Waals surface area contributed by atoms with Gasteiger partial charge in [0.1, 0.15) is 5.75 Å². The maximum absolute atomic E-state index is 12.4. The van der Waals surface area contributed by atoms with Crippen LogP contribution in [0, 0.1) is 16.0 Å². The first-order valence-corrected chi connectivity index (χ1v) is 7.46. The molecule has 0 aliphatic carbocycles. The van der Waals surface area contributed by atoms with Crippen LogP contribution in [0.4, 0.5) is 11.4 Å². The Hall–Kier alpha value is -3.29. The molecule has 0 bridgehead atoms. The number of carbonyl (C=O) groups excluding carboxylic acids is 1. The predicted molar refractivity (Wildman–Crippen MR) is 90.9 cm³/mol. The van der Waals surface area contributed by atoms with Crippen molar-refractivity contribution >= 4 is 17.3 Å². The molecule has 3 N–H and O–H groups in total. The van der Waals surface area contributed by atoms with E-state index in [0.717, 1.165) is 0 Å². The molecule has 132 valence electrons. The average Bonchev–Trinajstić information content (AvgIpc) is 2.57. The van der Waals surface area contributed by atoms with Gasteiger partial charge >= 0.3 is 0 Å². The first kappa shape index (κ1) is 18.1. The molecule has 8 nitrogen and oxygen atoms in total. The number of ether oxygens (including phenoxy) is 1. The zero-order valence-electron chi connectivity index (χ0n) is 13.7. The fourth-order valence-corrected chi connectivity index (χ4v) is 2.31. The number of phenols is 2. The summed E-state index contributed by atoms with van der Waals surface area (Å²) in [7, 11) is 1.40. The van der Waals surface area contributed by atoms with Gasteiger partial charge in [0.05, 0.1) is 17.7 Å². The van der Waals surface area contributed by atoms with Gasteiger partial charge in [-0.25, -0.2) is 0 Å². The molecule has 0 aromatic heterocycles. The second kappa shape index (κ2) is 7.52. The summed E-state index contributed by atoms with van der Waals surface area (Å²) in [6.45, 7) is 1.68. The smallest absolute Gasteiger partial charge is 0.271 e. The van der Waals surface area contributed by atoms with Crippen LogP contribution < -0.4 is 10.1 Å². The van der Waals surface area contributed by atoms with Crippen LogP contribution in [-0.4, -0.2) is 28.2 Å². The fraction of sp³-hybridized carbons (Fsp3) is 0.235. The standard InChI is InChI=1S/C17H18N2O6/c1-10(7-11-3-5-14(20)15(21)8-11)17(22)18-13-9-12(19(23)24)4-6-16(13)25-2/h3-6,8-10,20-21H,7H2,1-2H3,(H,18,22). The summed E-state index contributed by atoms with van der Waals surface area (Å²) >= 11 is 0. The summed E-state index contributed by atoms with van der Waals surface area (Å²) in [5.74, 6) is -1.01. The summed E-state index contributed by atoms with van der Waals surface area (Å²) in [6.07, 6.45) is 0.316. The van der Waals surface area contributed by atoms with Gasteiger partial charge < -0.3 is 20.3 Å². The zero-order chi connectivity index (χ0) is 18.6. The second-order valence-corrected chi connectivity index (χ2v) is 5.56. The van der Waals surface area contributed by atoms with E-state index < -0.39 is 10.8 Å². The highest BCUT2D eigenvalue weighted by atomic mass is 16.6. The predicted octanol–water partition coefficient (Wildman–Crippen LogP) is 2.83. The minimum Gasteiger partial charge on any atom is -0.504 e. The molecular weight excluding hydrogens is 328 g/mol. The van der Waals surface area contributed by atoms with Crippen molar-refractivity contribution < 1.29 is 24.7 Å². The van der Waals surface area contributed by atoms with Crippen LogP contribution in [0.15, 0.2) is 36.4 Å². The van der Waals surface area contributed by atoms with Crippen LogP contribution in [0.1, 0.15) is 12.5 Å². The number of nitrogens with one attached hydrogen (secondary N) is 1. The Morgan fingerprint density at radius 3 is 2.56 bits per heavy atom. The summed E-state index contributed by atoms with van der Waals surface area (Å²) in [5, 5.41) is 32.3. The van der Waals surface area contributed by atoms with E-state index in [1.54, 1.807) is 13.0 Å². The van der Waals surface area contributed by atoms with E-state index in [4.69, 9.17) is 4.74 Å². The van der Waals surface area contributed by atoms with Crippen LogP contribution >= 0.6 is 0 Å². The highest BCUT2D eigenvalue weighted by molar-refractivity contribution is 5.94. The van der Waals surface area contributed by atoms with Crippen molar-refractivity contribution in [2.24, 2.45) is 5.92 Å². The lowest BCUT2D eigenvalue weighted by Crippen LogP contribution is -2.22. The third-order valence-corrected chi connectivity index (χ3v) is 3.68. The molecule has 0 aliphatic rings. The molecule has 1 unspecified atom stereocenters. The number of non-ortho nitro benzene ring substituents is 1. The molecular formula is C17H18N2O6. The van der Waals surface area contributed by atoms with Crippen molar-refractivity contribution in [1.29, 1.82) is 0 Å². The molecule has 1 amide bonds. The van der Waals surface area contributed by atoms with Crippen LogP contribution in [-0.2, 0) is 11.2 Å². The van der Waals surface area contributed by atoms with Crippen molar-refractivity contribution in [3.63, 3.8) is 0 Å². The molecule has 0 fully saturated rings. The third-order valence-electron chi connectivity index (χ3n) is 3.68. The number of aromatic hydroxyl groups is 2. The average molecular weight is 346 g/mol. The van der Waals surface area contributed by atoms with Gasteiger partial charge in [0.2, 0.25) is 5.91 Å². The number of carbonyl (C=O) groups is 1. The molecule has 8 heteroatoms. The number of methoxy groups -OCH3 is 1. The SMILES string of the molecule is COc1ccc([N+](=O)[O-])cc1NC(=O)C(C)Cc1ccc(O)c(O)c1. The monoisotopic (exact) mass is 346 g/mol. The van der Waals surface area contributed by atoms with E-state index in [1.807, 2.05) is 0 Å². The van der Waals surface area contributed by atoms with E-state index in [9.17, 15) is 25.1 Å². The topological polar surface area (TPSA) is 122 Å². The van der Waals surface area contributed by atoms with Gasteiger partial charge in [0.25, 0.3) is 5.69 Å². The summed E-state index contributed by atoms with van der Waals surface area (Å²) < 4.78 is 5.11. The van der Waals surface area contributed by atoms with Gasteiger partial charge in [-0.05, 0) is 30.2 Å². The first-order valence-electron chi connectivity index (χ1n) is 7.46. The minimum atomic E-state index is -0.558. The second-order valence-electron chi connectivity index (χ2n) is 5.56. The van der Waals surface area contributed by atoms with Gasteiger partial charge in [0.15, 0.2) is 11.5 Å². The number of nitrogens with zero attached hydrogens (tertiary/aromatic N) is 1. The summed E-state index contributed by atoms with van der Waals surface area (Å²) in [6, 6.07) is 8.27. The molecule has 2 rings (SSSR count). The highest BCUT2D eigenvalue weighted by Gasteiger charge is 2.18. The number of anilines is 1. The summed E-state index contributed by atoms with van der Waals surface area (Å²) in [5.41, 5.74) is 0.721. The molecule has 0 spiro atoms. The van der Waals surface area contributed by atoms with Crippen LogP contribution in [0.2, 0.25) is 0 Å². The molecule has 0 heterocycles. The number of hydrogen-bond acceptors (Lipinski definition) is 6. The lowest BCUT2D eigenvalue weighted by atomic mass is 10.00. The Morgan fingerprint density at radius 2 is 1.96 bits per heavy atom. The number of nitro benzene ring substituents is 1. The molecule has 1 atom stereocenters. The Labute approximate surface area is 143 Å². The molecule has 0 saturated carbocycles. The molecule has 0 aliphatic heterocycles. The maximum atomic E-state index is 12.4. The molecule has 0 radical (unpaired) electrons. The van der Waals surface area contributed by atoms with E-state index in [-0.39, 0.29) is 28.8 Å². The van der Waals surface area contributed by atoms with Gasteiger partial charge in [-0.15, -0.1) is 0 Å². The van der Waals surface area contributed by atoms with Crippen molar-refractivity contribution in [1.82, 2.24) is 0 Å². The maximum Gasteiger partial charge on any atom is 0.271 e. The first-order chi connectivity index (χ1) is 11.8. The van der Waals surface area contributed by atoms with Gasteiger partial charge in [-0.2, -0.15) is 0 Å². The Morgan fingerprint density at radius 1 is 1.24 bits per heavy atom. The number of amides is 1. The lowest BCUT2D eigenvalue weighted by molar-refractivity contribution is -0.384. The molecule has 25 heavy (non-hydrogen) atoms. The van der Waals surface area contributed by atoms with E-state index >= 15 is 0 Å². The summed E-state index contributed by atoms with van der Waals surface area (Å²) in [4.78, 5) is 22.7. The number of hydrogen-bond donors (Lipinski definition) is 3. The number of benzene rings is 2. The largest absolute Gasteiger partial charge is 0.504 e. The van der Waals surface area contributed by atoms with Gasteiger partial charge in [-0.1, -0.05) is 13.0 Å². The Bertz CT molecular complexity index is 806. The van der Waals surface area contributed by atoms with Gasteiger partial charge in [-0.3, -0.25) is 14.9 Å². The lowest BCUT2D eigenvalue weighted by Gasteiger charge is -2.14. The molecule has 0 saturated heterocycles. The van der Waals surface area contributed by atoms with Gasteiger partial charge in [0, 0.05) is 18.1 Å². The van der Waals surface area contributed by atoms with Crippen molar-refractivity contribution in [3.05, 3.63) is 52.1 Å². The third kappa shape index (κ3) is 4.37. The number of rotatable bonds is 6. The normalized spacial score (nSPS) is 11.6. The number of nitro groups is 1. The van der Waals surface area contributed by atoms with Crippen molar-refractivity contribution in [2.75, 3.05) is 12.4 Å². The Balaban J connectivity index is 2.13. The molecule has 2 aromatic carbocycles.